The van der Waals surface area contributed by atoms with Crippen molar-refractivity contribution in [1.82, 2.24) is 4.57 Å². The van der Waals surface area contributed by atoms with Gasteiger partial charge >= 0.3 is 5.97 Å². The predicted molar refractivity (Wildman–Crippen MR) is 101 cm³/mol. The topological polar surface area (TPSA) is 57.5 Å². The number of aryl methyl sites for hydroxylation is 1. The normalized spacial score (nSPS) is 10.7. The van der Waals surface area contributed by atoms with Gasteiger partial charge in [0, 0.05) is 29.6 Å². The van der Waals surface area contributed by atoms with E-state index in [2.05, 4.69) is 6.58 Å². The van der Waals surface area contributed by atoms with Gasteiger partial charge in [0.2, 0.25) is 5.78 Å². The van der Waals surface area contributed by atoms with Gasteiger partial charge in [0.15, 0.2) is 6.61 Å². The molecule has 0 atom stereocenters. The largest absolute Gasteiger partial charge is 0.497 e. The van der Waals surface area contributed by atoms with E-state index in [1.807, 2.05) is 36.6 Å². The smallest absolute Gasteiger partial charge is 0.331 e. The number of ether oxygens (including phenoxy) is 2. The Labute approximate surface area is 153 Å². The lowest BCUT2D eigenvalue weighted by Crippen LogP contribution is -2.13. The molecule has 0 N–H and O–H groups in total. The van der Waals surface area contributed by atoms with Crippen LogP contribution in [0.4, 0.5) is 0 Å². The summed E-state index contributed by atoms with van der Waals surface area (Å²) in [5.74, 6) is -0.0943. The Kier molecular flexibility index (Phi) is 6.55. The Bertz CT molecular complexity index is 846. The Hall–Kier alpha value is -3.08. The van der Waals surface area contributed by atoms with Crippen LogP contribution in [0.15, 0.2) is 49.1 Å². The molecule has 2 rings (SSSR count). The molecule has 5 nitrogen and oxygen atoms in total. The summed E-state index contributed by atoms with van der Waals surface area (Å²) in [6.07, 6.45) is 4.69. The zero-order valence-electron chi connectivity index (χ0n) is 15.3. The minimum atomic E-state index is -0.568. The molecule has 1 heterocycles. The first-order chi connectivity index (χ1) is 12.5. The molecule has 0 fully saturated rings. The van der Waals surface area contributed by atoms with Gasteiger partial charge in [-0.15, -0.1) is 6.58 Å². The van der Waals surface area contributed by atoms with Crippen molar-refractivity contribution in [2.45, 2.75) is 20.4 Å². The third-order valence-corrected chi connectivity index (χ3v) is 4.04. The van der Waals surface area contributed by atoms with Gasteiger partial charge in [0.25, 0.3) is 0 Å². The van der Waals surface area contributed by atoms with Crippen molar-refractivity contribution >= 4 is 17.8 Å². The van der Waals surface area contributed by atoms with Gasteiger partial charge in [-0.05, 0) is 43.7 Å². The average Bonchev–Trinajstić information content (AvgIpc) is 2.93. The third-order valence-electron chi connectivity index (χ3n) is 4.04. The molecule has 0 aliphatic carbocycles. The summed E-state index contributed by atoms with van der Waals surface area (Å²) in [6, 6.07) is 9.08. The summed E-state index contributed by atoms with van der Waals surface area (Å²) in [6.45, 7) is 7.85. The van der Waals surface area contributed by atoms with Crippen LogP contribution in [0.25, 0.3) is 6.08 Å². The van der Waals surface area contributed by atoms with Crippen molar-refractivity contribution in [2.24, 2.45) is 0 Å². The molecule has 0 bridgehead atoms. The van der Waals surface area contributed by atoms with Crippen LogP contribution in [-0.2, 0) is 16.1 Å². The van der Waals surface area contributed by atoms with E-state index >= 15 is 0 Å². The van der Waals surface area contributed by atoms with Crippen molar-refractivity contribution in [3.8, 4) is 5.75 Å². The molecule has 0 unspecified atom stereocenters. The quantitative estimate of drug-likeness (QED) is 0.314. The standard InChI is InChI=1S/C21H23NO4/c1-5-11-22-15(2)12-19(16(22)3)20(23)14-26-21(24)10-9-17-7-6-8-18(13-17)25-4/h5-10,12-13H,1,11,14H2,2-4H3/b10-9+. The number of methoxy groups -OCH3 is 1. The van der Waals surface area contributed by atoms with Crippen LogP contribution in [0.2, 0.25) is 0 Å². The number of benzene rings is 1. The molecule has 1 aromatic heterocycles. The molecule has 0 saturated carbocycles. The summed E-state index contributed by atoms with van der Waals surface area (Å²) < 4.78 is 12.2. The van der Waals surface area contributed by atoms with Crippen LogP contribution in [0.3, 0.4) is 0 Å². The number of allylic oxidation sites excluding steroid dienone is 1. The van der Waals surface area contributed by atoms with Crippen LogP contribution >= 0.6 is 0 Å². The second-order valence-corrected chi connectivity index (χ2v) is 5.82. The summed E-state index contributed by atoms with van der Waals surface area (Å²) in [4.78, 5) is 24.2. The number of ketones is 1. The molecule has 0 aliphatic rings. The molecule has 0 amide bonds. The SMILES string of the molecule is C=CCn1c(C)cc(C(=O)COC(=O)/C=C/c2cccc(OC)c2)c1C. The molecular formula is C21H23NO4. The molecule has 136 valence electrons. The van der Waals surface area contributed by atoms with Crippen LogP contribution in [0.5, 0.6) is 5.75 Å². The Morgan fingerprint density at radius 3 is 2.69 bits per heavy atom. The number of carbonyl (C=O) groups is 2. The van der Waals surface area contributed by atoms with Gasteiger partial charge in [-0.25, -0.2) is 4.79 Å². The number of rotatable bonds is 8. The number of nitrogens with zero attached hydrogens (tertiary/aromatic N) is 1. The highest BCUT2D eigenvalue weighted by Crippen LogP contribution is 2.16. The van der Waals surface area contributed by atoms with Crippen LogP contribution in [0, 0.1) is 13.8 Å². The van der Waals surface area contributed by atoms with E-state index in [0.717, 1.165) is 17.0 Å². The maximum Gasteiger partial charge on any atom is 0.331 e. The molecule has 0 aliphatic heterocycles. The minimum absolute atomic E-state index is 0.225. The summed E-state index contributed by atoms with van der Waals surface area (Å²) >= 11 is 0. The summed E-state index contributed by atoms with van der Waals surface area (Å²) in [7, 11) is 1.58. The monoisotopic (exact) mass is 353 g/mol. The molecule has 0 radical (unpaired) electrons. The van der Waals surface area contributed by atoms with Gasteiger partial charge in [-0.1, -0.05) is 18.2 Å². The van der Waals surface area contributed by atoms with E-state index in [9.17, 15) is 9.59 Å². The lowest BCUT2D eigenvalue weighted by atomic mass is 10.1. The van der Waals surface area contributed by atoms with E-state index in [1.165, 1.54) is 6.08 Å². The fourth-order valence-electron chi connectivity index (χ4n) is 2.67. The first-order valence-corrected chi connectivity index (χ1v) is 8.26. The zero-order chi connectivity index (χ0) is 19.1. The third kappa shape index (κ3) is 4.72. The highest BCUT2D eigenvalue weighted by molar-refractivity contribution is 6.00. The second-order valence-electron chi connectivity index (χ2n) is 5.82. The molecule has 5 heteroatoms. The lowest BCUT2D eigenvalue weighted by Gasteiger charge is -2.06. The molecular weight excluding hydrogens is 330 g/mol. The second kappa shape index (κ2) is 8.85. The molecule has 0 spiro atoms. The number of Topliss-reactive ketones (excluding diaryl/α,β-unsaturated/α-hetero) is 1. The predicted octanol–water partition coefficient (Wildman–Crippen LogP) is 3.74. The van der Waals surface area contributed by atoms with Crippen LogP contribution in [0.1, 0.15) is 27.3 Å². The Balaban J connectivity index is 1.96. The number of hydrogen-bond donors (Lipinski definition) is 0. The van der Waals surface area contributed by atoms with Gasteiger partial charge in [-0.3, -0.25) is 4.79 Å². The van der Waals surface area contributed by atoms with Crippen LogP contribution < -0.4 is 4.74 Å². The van der Waals surface area contributed by atoms with Gasteiger partial charge in [0.1, 0.15) is 5.75 Å². The summed E-state index contributed by atoms with van der Waals surface area (Å²) in [5.41, 5.74) is 3.18. The molecule has 2 aromatic rings. The molecule has 26 heavy (non-hydrogen) atoms. The fraction of sp³-hybridized carbons (Fsp3) is 0.238. The van der Waals surface area contributed by atoms with Gasteiger partial charge in [-0.2, -0.15) is 0 Å². The zero-order valence-corrected chi connectivity index (χ0v) is 15.3. The number of carbonyl (C=O) groups excluding carboxylic acids is 2. The van der Waals surface area contributed by atoms with Crippen LogP contribution in [-0.4, -0.2) is 30.0 Å². The Morgan fingerprint density at radius 2 is 2.00 bits per heavy atom. The van der Waals surface area contributed by atoms with Crippen molar-refractivity contribution in [3.63, 3.8) is 0 Å². The van der Waals surface area contributed by atoms with Crippen molar-refractivity contribution in [2.75, 3.05) is 13.7 Å². The average molecular weight is 353 g/mol. The first kappa shape index (κ1) is 19.2. The number of esters is 1. The number of hydrogen-bond acceptors (Lipinski definition) is 4. The lowest BCUT2D eigenvalue weighted by molar-refractivity contribution is -0.136. The van der Waals surface area contributed by atoms with Gasteiger partial charge in [0.05, 0.1) is 7.11 Å². The number of aromatic nitrogens is 1. The van der Waals surface area contributed by atoms with Crippen molar-refractivity contribution in [3.05, 3.63) is 71.6 Å². The molecule has 0 saturated heterocycles. The van der Waals surface area contributed by atoms with Crippen molar-refractivity contribution < 1.29 is 19.1 Å². The highest BCUT2D eigenvalue weighted by Gasteiger charge is 2.16. The highest BCUT2D eigenvalue weighted by atomic mass is 16.5. The van der Waals surface area contributed by atoms with Crippen molar-refractivity contribution in [1.29, 1.82) is 0 Å². The first-order valence-electron chi connectivity index (χ1n) is 8.26. The maximum atomic E-state index is 12.3. The molecule has 1 aromatic carbocycles. The van der Waals surface area contributed by atoms with Gasteiger partial charge < -0.3 is 14.0 Å². The van der Waals surface area contributed by atoms with E-state index in [-0.39, 0.29) is 12.4 Å². The Morgan fingerprint density at radius 1 is 1.23 bits per heavy atom. The van der Waals surface area contributed by atoms with E-state index in [1.54, 1.807) is 31.4 Å². The fourth-order valence-corrected chi connectivity index (χ4v) is 2.67. The van der Waals surface area contributed by atoms with E-state index in [4.69, 9.17) is 9.47 Å². The summed E-state index contributed by atoms with van der Waals surface area (Å²) in [5, 5.41) is 0. The minimum Gasteiger partial charge on any atom is -0.497 e. The maximum absolute atomic E-state index is 12.3. The van der Waals surface area contributed by atoms with E-state index < -0.39 is 5.97 Å². The van der Waals surface area contributed by atoms with E-state index in [0.29, 0.717) is 17.9 Å².